The van der Waals surface area contributed by atoms with Crippen LogP contribution in [0.4, 0.5) is 4.79 Å². The number of aryl methyl sites for hydroxylation is 1. The first kappa shape index (κ1) is 19.4. The number of nitrogens with one attached hydrogen (secondary N) is 1. The SMILES string of the molecule is COC(=O)CN1C(=O)NC(=Cc2cc(C)n(-c3ccc4ccccc4c3)c2C)C1=O. The second-order valence-electron chi connectivity index (χ2n) is 7.15. The van der Waals surface area contributed by atoms with Gasteiger partial charge in [0, 0.05) is 17.1 Å². The zero-order valence-electron chi connectivity index (χ0n) is 16.9. The van der Waals surface area contributed by atoms with Crippen LogP contribution in [0.5, 0.6) is 0 Å². The monoisotopic (exact) mass is 403 g/mol. The van der Waals surface area contributed by atoms with Crippen LogP contribution in [0.1, 0.15) is 17.0 Å². The normalized spacial score (nSPS) is 15.2. The number of urea groups is 1. The van der Waals surface area contributed by atoms with E-state index in [0.29, 0.717) is 0 Å². The third kappa shape index (κ3) is 3.34. The molecule has 0 atom stereocenters. The van der Waals surface area contributed by atoms with Crippen molar-refractivity contribution in [1.82, 2.24) is 14.8 Å². The minimum Gasteiger partial charge on any atom is -0.468 e. The van der Waals surface area contributed by atoms with Gasteiger partial charge in [0.05, 0.1) is 7.11 Å². The van der Waals surface area contributed by atoms with E-state index in [1.54, 1.807) is 6.08 Å². The molecule has 2 aromatic carbocycles. The van der Waals surface area contributed by atoms with Crippen LogP contribution in [0.3, 0.4) is 0 Å². The van der Waals surface area contributed by atoms with E-state index in [-0.39, 0.29) is 5.70 Å². The number of fused-ring (bicyclic) bond motifs is 1. The van der Waals surface area contributed by atoms with E-state index in [0.717, 1.165) is 38.3 Å². The fourth-order valence-corrected chi connectivity index (χ4v) is 3.71. The first-order valence-corrected chi connectivity index (χ1v) is 9.48. The Bertz CT molecular complexity index is 1220. The van der Waals surface area contributed by atoms with Crippen LogP contribution in [0, 0.1) is 13.8 Å². The second kappa shape index (κ2) is 7.51. The third-order valence-electron chi connectivity index (χ3n) is 5.24. The number of hydrogen-bond donors (Lipinski definition) is 1. The smallest absolute Gasteiger partial charge is 0.329 e. The quantitative estimate of drug-likeness (QED) is 0.412. The van der Waals surface area contributed by atoms with Crippen LogP contribution >= 0.6 is 0 Å². The standard InChI is InChI=1S/C23H21N3O4/c1-14-10-18(12-20-22(28)25(23(29)24-20)13-21(27)30-3)15(2)26(14)19-9-8-16-6-4-5-7-17(16)11-19/h4-12H,13H2,1-3H3,(H,24,29). The van der Waals surface area contributed by atoms with Crippen molar-refractivity contribution >= 4 is 34.8 Å². The number of benzene rings is 2. The molecular weight excluding hydrogens is 382 g/mol. The van der Waals surface area contributed by atoms with E-state index in [1.807, 2.05) is 32.0 Å². The summed E-state index contributed by atoms with van der Waals surface area (Å²) in [6.45, 7) is 3.53. The van der Waals surface area contributed by atoms with Gasteiger partial charge in [-0.25, -0.2) is 9.69 Å². The number of imide groups is 1. The number of esters is 1. The van der Waals surface area contributed by atoms with Gasteiger partial charge in [0.1, 0.15) is 12.2 Å². The third-order valence-corrected chi connectivity index (χ3v) is 5.24. The Morgan fingerprint density at radius 1 is 1.07 bits per heavy atom. The second-order valence-corrected chi connectivity index (χ2v) is 7.15. The molecule has 1 aromatic heterocycles. The van der Waals surface area contributed by atoms with Crippen molar-refractivity contribution in [1.29, 1.82) is 0 Å². The Balaban J connectivity index is 1.69. The number of carbonyl (C=O) groups is 3. The highest BCUT2D eigenvalue weighted by Gasteiger charge is 2.35. The molecule has 0 spiro atoms. The molecule has 3 amide bonds. The lowest BCUT2D eigenvalue weighted by Gasteiger charge is -2.11. The van der Waals surface area contributed by atoms with Crippen LogP contribution in [0.15, 0.2) is 54.2 Å². The molecule has 2 heterocycles. The Morgan fingerprint density at radius 3 is 2.53 bits per heavy atom. The van der Waals surface area contributed by atoms with Crippen molar-refractivity contribution in [3.05, 3.63) is 71.2 Å². The number of hydrogen-bond acceptors (Lipinski definition) is 4. The Morgan fingerprint density at radius 2 is 1.80 bits per heavy atom. The van der Waals surface area contributed by atoms with Crippen molar-refractivity contribution in [3.8, 4) is 5.69 Å². The number of rotatable bonds is 4. The number of methoxy groups -OCH3 is 1. The molecule has 4 rings (SSSR count). The first-order valence-electron chi connectivity index (χ1n) is 9.48. The fraction of sp³-hybridized carbons (Fsp3) is 0.174. The van der Waals surface area contributed by atoms with Gasteiger partial charge in [0.25, 0.3) is 5.91 Å². The van der Waals surface area contributed by atoms with Gasteiger partial charge in [0.2, 0.25) is 0 Å². The molecular formula is C23H21N3O4. The highest BCUT2D eigenvalue weighted by Crippen LogP contribution is 2.26. The minimum absolute atomic E-state index is 0.127. The van der Waals surface area contributed by atoms with Crippen molar-refractivity contribution in [3.63, 3.8) is 0 Å². The molecule has 0 radical (unpaired) electrons. The van der Waals surface area contributed by atoms with Gasteiger partial charge in [-0.1, -0.05) is 30.3 Å². The fourth-order valence-electron chi connectivity index (χ4n) is 3.71. The minimum atomic E-state index is -0.658. The van der Waals surface area contributed by atoms with E-state index in [2.05, 4.69) is 45.0 Å². The average molecular weight is 403 g/mol. The predicted molar refractivity (Wildman–Crippen MR) is 113 cm³/mol. The maximum Gasteiger partial charge on any atom is 0.329 e. The maximum atomic E-state index is 12.6. The summed E-state index contributed by atoms with van der Waals surface area (Å²) in [7, 11) is 1.21. The van der Waals surface area contributed by atoms with Crippen LogP contribution in [-0.4, -0.2) is 41.0 Å². The zero-order chi connectivity index (χ0) is 21.4. The maximum absolute atomic E-state index is 12.6. The highest BCUT2D eigenvalue weighted by atomic mass is 16.5. The van der Waals surface area contributed by atoms with Gasteiger partial charge in [-0.3, -0.25) is 9.59 Å². The number of nitrogens with zero attached hydrogens (tertiary/aromatic N) is 2. The lowest BCUT2D eigenvalue weighted by atomic mass is 10.1. The van der Waals surface area contributed by atoms with Crippen LogP contribution < -0.4 is 5.32 Å². The average Bonchev–Trinajstić information content (AvgIpc) is 3.16. The molecule has 1 N–H and O–H groups in total. The summed E-state index contributed by atoms with van der Waals surface area (Å²) in [5, 5.41) is 4.83. The number of carbonyl (C=O) groups excluding carboxylic acids is 3. The largest absolute Gasteiger partial charge is 0.468 e. The van der Waals surface area contributed by atoms with Gasteiger partial charge in [-0.05, 0) is 54.5 Å². The van der Waals surface area contributed by atoms with Gasteiger partial charge in [-0.15, -0.1) is 0 Å². The van der Waals surface area contributed by atoms with Gasteiger partial charge < -0.3 is 14.6 Å². The molecule has 0 aliphatic carbocycles. The topological polar surface area (TPSA) is 80.6 Å². The summed E-state index contributed by atoms with van der Waals surface area (Å²) in [6.07, 6.45) is 1.64. The van der Waals surface area contributed by atoms with Crippen molar-refractivity contribution in [2.45, 2.75) is 13.8 Å². The molecule has 0 unspecified atom stereocenters. The van der Waals surface area contributed by atoms with Gasteiger partial charge in [-0.2, -0.15) is 0 Å². The Hall–Kier alpha value is -3.87. The molecule has 7 heteroatoms. The van der Waals surface area contributed by atoms with Crippen LogP contribution in [0.2, 0.25) is 0 Å². The molecule has 1 saturated heterocycles. The van der Waals surface area contributed by atoms with E-state index in [1.165, 1.54) is 7.11 Å². The molecule has 0 saturated carbocycles. The lowest BCUT2D eigenvalue weighted by molar-refractivity contribution is -0.143. The lowest BCUT2D eigenvalue weighted by Crippen LogP contribution is -2.36. The number of ether oxygens (including phenoxy) is 1. The number of amides is 3. The number of aromatic nitrogens is 1. The summed E-state index contributed by atoms with van der Waals surface area (Å²) in [5.74, 6) is -1.21. The van der Waals surface area contributed by atoms with Crippen molar-refractivity contribution in [2.24, 2.45) is 0 Å². The Kier molecular flexibility index (Phi) is 4.87. The van der Waals surface area contributed by atoms with Gasteiger partial charge in [0.15, 0.2) is 0 Å². The van der Waals surface area contributed by atoms with Crippen molar-refractivity contribution < 1.29 is 19.1 Å². The van der Waals surface area contributed by atoms with E-state index >= 15 is 0 Å². The van der Waals surface area contributed by atoms with E-state index in [9.17, 15) is 14.4 Å². The highest BCUT2D eigenvalue weighted by molar-refractivity contribution is 6.15. The summed E-state index contributed by atoms with van der Waals surface area (Å²) < 4.78 is 6.65. The summed E-state index contributed by atoms with van der Waals surface area (Å²) >= 11 is 0. The molecule has 152 valence electrons. The van der Waals surface area contributed by atoms with Gasteiger partial charge >= 0.3 is 12.0 Å². The zero-order valence-corrected chi connectivity index (χ0v) is 16.9. The van der Waals surface area contributed by atoms with E-state index < -0.39 is 24.5 Å². The molecule has 0 bridgehead atoms. The van der Waals surface area contributed by atoms with Crippen molar-refractivity contribution in [2.75, 3.05) is 13.7 Å². The molecule has 1 fully saturated rings. The summed E-state index contributed by atoms with van der Waals surface area (Å²) in [5.41, 5.74) is 3.89. The summed E-state index contributed by atoms with van der Waals surface area (Å²) in [4.78, 5) is 36.9. The first-order chi connectivity index (χ1) is 14.4. The molecule has 7 nitrogen and oxygen atoms in total. The summed E-state index contributed by atoms with van der Waals surface area (Å²) in [6, 6.07) is 15.7. The predicted octanol–water partition coefficient (Wildman–Crippen LogP) is 3.31. The van der Waals surface area contributed by atoms with Crippen LogP contribution in [0.25, 0.3) is 22.5 Å². The van der Waals surface area contributed by atoms with E-state index in [4.69, 9.17) is 0 Å². The molecule has 3 aromatic rings. The Labute approximate surface area is 173 Å². The molecule has 1 aliphatic heterocycles. The van der Waals surface area contributed by atoms with Crippen LogP contribution in [-0.2, 0) is 14.3 Å². The molecule has 1 aliphatic rings. The molecule has 30 heavy (non-hydrogen) atoms.